The van der Waals surface area contributed by atoms with Crippen molar-refractivity contribution in [3.05, 3.63) is 22.5 Å². The number of hydrogen-bond donors (Lipinski definition) is 1. The van der Waals surface area contributed by atoms with Crippen molar-refractivity contribution in [3.8, 4) is 0 Å². The molecule has 1 N–H and O–H groups in total. The lowest BCUT2D eigenvalue weighted by molar-refractivity contribution is -0.385. The van der Waals surface area contributed by atoms with Crippen LogP contribution in [0.4, 0.5) is 11.6 Å². The minimum Gasteiger partial charge on any atom is -0.340 e. The SMILES string of the molecule is O=[N+]([O-])c1cnc(N2CC3CNCC3C2)nc1. The number of aromatic nitrogens is 2. The molecule has 1 aromatic heterocycles. The number of nitro groups is 1. The number of fused-ring (bicyclic) bond motifs is 1. The van der Waals surface area contributed by atoms with Crippen LogP contribution in [0.3, 0.4) is 0 Å². The first-order valence-electron chi connectivity index (χ1n) is 5.66. The van der Waals surface area contributed by atoms with Gasteiger partial charge in [-0.15, -0.1) is 0 Å². The number of nitrogens with one attached hydrogen (secondary N) is 1. The van der Waals surface area contributed by atoms with Gasteiger partial charge in [0, 0.05) is 26.2 Å². The average molecular weight is 235 g/mol. The molecular formula is C10H13N5O2. The Hall–Kier alpha value is -1.76. The molecule has 0 aliphatic carbocycles. The Kier molecular flexibility index (Phi) is 2.40. The van der Waals surface area contributed by atoms with Gasteiger partial charge in [-0.2, -0.15) is 0 Å². The summed E-state index contributed by atoms with van der Waals surface area (Å²) in [6.45, 7) is 3.98. The van der Waals surface area contributed by atoms with E-state index in [2.05, 4.69) is 20.2 Å². The van der Waals surface area contributed by atoms with E-state index >= 15 is 0 Å². The van der Waals surface area contributed by atoms with Crippen LogP contribution in [0.15, 0.2) is 12.4 Å². The van der Waals surface area contributed by atoms with Crippen molar-refractivity contribution in [1.29, 1.82) is 0 Å². The van der Waals surface area contributed by atoms with E-state index in [9.17, 15) is 10.1 Å². The molecule has 90 valence electrons. The summed E-state index contributed by atoms with van der Waals surface area (Å²) in [7, 11) is 0. The molecule has 2 aliphatic heterocycles. The molecule has 0 spiro atoms. The summed E-state index contributed by atoms with van der Waals surface area (Å²) in [6, 6.07) is 0. The fraction of sp³-hybridized carbons (Fsp3) is 0.600. The van der Waals surface area contributed by atoms with Crippen molar-refractivity contribution in [3.63, 3.8) is 0 Å². The summed E-state index contributed by atoms with van der Waals surface area (Å²) in [6.07, 6.45) is 2.55. The second-order valence-corrected chi connectivity index (χ2v) is 4.58. The third-order valence-corrected chi connectivity index (χ3v) is 3.51. The Bertz CT molecular complexity index is 423. The maximum atomic E-state index is 10.5. The Morgan fingerprint density at radius 3 is 2.41 bits per heavy atom. The second-order valence-electron chi connectivity index (χ2n) is 4.58. The van der Waals surface area contributed by atoms with E-state index in [0.717, 1.165) is 26.2 Å². The molecule has 2 unspecified atom stereocenters. The van der Waals surface area contributed by atoms with E-state index in [1.165, 1.54) is 12.4 Å². The van der Waals surface area contributed by atoms with E-state index in [0.29, 0.717) is 17.8 Å². The van der Waals surface area contributed by atoms with Crippen LogP contribution < -0.4 is 10.2 Å². The van der Waals surface area contributed by atoms with E-state index in [-0.39, 0.29) is 5.69 Å². The zero-order chi connectivity index (χ0) is 11.8. The molecule has 0 saturated carbocycles. The predicted octanol–water partition coefficient (Wildman–Crippen LogP) is 0.0404. The third-order valence-electron chi connectivity index (χ3n) is 3.51. The highest BCUT2D eigenvalue weighted by Crippen LogP contribution is 2.28. The molecule has 2 fully saturated rings. The van der Waals surface area contributed by atoms with Gasteiger partial charge in [0.05, 0.1) is 4.92 Å². The van der Waals surface area contributed by atoms with Crippen LogP contribution in [-0.2, 0) is 0 Å². The van der Waals surface area contributed by atoms with Crippen LogP contribution in [0, 0.1) is 22.0 Å². The van der Waals surface area contributed by atoms with Gasteiger partial charge >= 0.3 is 5.69 Å². The fourth-order valence-corrected chi connectivity index (χ4v) is 2.59. The van der Waals surface area contributed by atoms with Crippen molar-refractivity contribution >= 4 is 11.6 Å². The first kappa shape index (κ1) is 10.4. The Labute approximate surface area is 98.0 Å². The lowest BCUT2D eigenvalue weighted by Gasteiger charge is -2.16. The smallest absolute Gasteiger partial charge is 0.305 e. The van der Waals surface area contributed by atoms with Gasteiger partial charge < -0.3 is 10.2 Å². The van der Waals surface area contributed by atoms with E-state index in [1.54, 1.807) is 0 Å². The molecule has 0 amide bonds. The highest BCUT2D eigenvalue weighted by molar-refractivity contribution is 5.36. The van der Waals surface area contributed by atoms with Crippen LogP contribution in [0.25, 0.3) is 0 Å². The minimum absolute atomic E-state index is 0.0604. The van der Waals surface area contributed by atoms with Crippen molar-refractivity contribution in [1.82, 2.24) is 15.3 Å². The van der Waals surface area contributed by atoms with Crippen molar-refractivity contribution in [2.45, 2.75) is 0 Å². The summed E-state index contributed by atoms with van der Waals surface area (Å²) in [5.41, 5.74) is -0.0604. The lowest BCUT2D eigenvalue weighted by atomic mass is 10.0. The molecule has 2 saturated heterocycles. The molecule has 1 aromatic rings. The molecule has 2 aliphatic rings. The third kappa shape index (κ3) is 1.82. The second kappa shape index (κ2) is 3.92. The topological polar surface area (TPSA) is 84.2 Å². The molecule has 3 rings (SSSR count). The van der Waals surface area contributed by atoms with Crippen LogP contribution in [0.1, 0.15) is 0 Å². The fourth-order valence-electron chi connectivity index (χ4n) is 2.59. The van der Waals surface area contributed by atoms with Crippen molar-refractivity contribution in [2.24, 2.45) is 11.8 Å². The predicted molar refractivity (Wildman–Crippen MR) is 60.7 cm³/mol. The standard InChI is InChI=1S/C10H13N5O2/c16-15(17)9-3-12-10(13-4-9)14-5-7-1-11-2-8(7)6-14/h3-4,7-8,11H,1-2,5-6H2. The Morgan fingerprint density at radius 2 is 1.88 bits per heavy atom. The zero-order valence-corrected chi connectivity index (χ0v) is 9.24. The molecular weight excluding hydrogens is 222 g/mol. The van der Waals surface area contributed by atoms with Crippen molar-refractivity contribution in [2.75, 3.05) is 31.1 Å². The van der Waals surface area contributed by atoms with Crippen molar-refractivity contribution < 1.29 is 4.92 Å². The summed E-state index contributed by atoms with van der Waals surface area (Å²) in [4.78, 5) is 20.3. The average Bonchev–Trinajstić information content (AvgIpc) is 2.89. The van der Waals surface area contributed by atoms with Gasteiger partial charge in [-0.3, -0.25) is 10.1 Å². The quantitative estimate of drug-likeness (QED) is 0.575. The number of hydrogen-bond acceptors (Lipinski definition) is 6. The molecule has 0 bridgehead atoms. The first-order chi connectivity index (χ1) is 8.24. The molecule has 17 heavy (non-hydrogen) atoms. The summed E-state index contributed by atoms with van der Waals surface area (Å²) in [5.74, 6) is 1.92. The minimum atomic E-state index is -0.480. The molecule has 2 atom stereocenters. The Balaban J connectivity index is 1.75. The first-order valence-corrected chi connectivity index (χ1v) is 5.66. The van der Waals surface area contributed by atoms with Gasteiger partial charge in [-0.1, -0.05) is 0 Å². The Morgan fingerprint density at radius 1 is 1.29 bits per heavy atom. The van der Waals surface area contributed by atoms with Gasteiger partial charge in [0.15, 0.2) is 0 Å². The number of nitrogens with zero attached hydrogens (tertiary/aromatic N) is 4. The number of rotatable bonds is 2. The molecule has 7 heteroatoms. The van der Waals surface area contributed by atoms with E-state index in [4.69, 9.17) is 0 Å². The molecule has 3 heterocycles. The maximum Gasteiger partial charge on any atom is 0.305 e. The van der Waals surface area contributed by atoms with Crippen LogP contribution >= 0.6 is 0 Å². The number of anilines is 1. The van der Waals surface area contributed by atoms with Crippen LogP contribution in [0.5, 0.6) is 0 Å². The summed E-state index contributed by atoms with van der Waals surface area (Å²) >= 11 is 0. The van der Waals surface area contributed by atoms with E-state index < -0.39 is 4.92 Å². The molecule has 0 radical (unpaired) electrons. The molecule has 0 aromatic carbocycles. The lowest BCUT2D eigenvalue weighted by Crippen LogP contribution is -2.26. The monoisotopic (exact) mass is 235 g/mol. The van der Waals surface area contributed by atoms with Gasteiger partial charge in [0.1, 0.15) is 12.4 Å². The van der Waals surface area contributed by atoms with Gasteiger partial charge in [0.25, 0.3) is 0 Å². The van der Waals surface area contributed by atoms with Gasteiger partial charge in [0.2, 0.25) is 5.95 Å². The normalized spacial score (nSPS) is 27.2. The van der Waals surface area contributed by atoms with Gasteiger partial charge in [-0.25, -0.2) is 9.97 Å². The van der Waals surface area contributed by atoms with E-state index in [1.807, 2.05) is 0 Å². The van der Waals surface area contributed by atoms with Crippen LogP contribution in [0.2, 0.25) is 0 Å². The largest absolute Gasteiger partial charge is 0.340 e. The highest BCUT2D eigenvalue weighted by Gasteiger charge is 2.37. The summed E-state index contributed by atoms with van der Waals surface area (Å²) in [5, 5.41) is 13.9. The maximum absolute atomic E-state index is 10.5. The van der Waals surface area contributed by atoms with Gasteiger partial charge in [-0.05, 0) is 11.8 Å². The zero-order valence-electron chi connectivity index (χ0n) is 9.24. The summed E-state index contributed by atoms with van der Waals surface area (Å²) < 4.78 is 0. The highest BCUT2D eigenvalue weighted by atomic mass is 16.6. The van der Waals surface area contributed by atoms with Crippen LogP contribution in [-0.4, -0.2) is 41.1 Å². The molecule has 7 nitrogen and oxygen atoms in total.